The van der Waals surface area contributed by atoms with Crippen molar-refractivity contribution in [1.82, 2.24) is 4.98 Å². The maximum atomic E-state index is 11.6. The summed E-state index contributed by atoms with van der Waals surface area (Å²) in [4.78, 5) is 27.2. The van der Waals surface area contributed by atoms with Crippen LogP contribution in [0.4, 0.5) is 0 Å². The number of aromatic nitrogens is 1. The first-order chi connectivity index (χ1) is 10.3. The molecule has 1 aromatic rings. The van der Waals surface area contributed by atoms with Crippen LogP contribution >= 0.6 is 0 Å². The van der Waals surface area contributed by atoms with Crippen molar-refractivity contribution in [2.75, 3.05) is 7.11 Å². The first-order valence-electron chi connectivity index (χ1n) is 7.58. The third-order valence-electron chi connectivity index (χ3n) is 2.94. The molecule has 0 saturated heterocycles. The maximum absolute atomic E-state index is 11.6. The van der Waals surface area contributed by atoms with E-state index in [0.717, 1.165) is 31.4 Å². The van der Waals surface area contributed by atoms with Crippen LogP contribution in [-0.4, -0.2) is 29.6 Å². The second kappa shape index (κ2) is 8.51. The van der Waals surface area contributed by atoms with Crippen LogP contribution < -0.4 is 0 Å². The van der Waals surface area contributed by atoms with Crippen molar-refractivity contribution in [3.63, 3.8) is 0 Å². The highest BCUT2D eigenvalue weighted by Crippen LogP contribution is 2.12. The minimum absolute atomic E-state index is 0.154. The lowest BCUT2D eigenvalue weighted by Gasteiger charge is -2.19. The van der Waals surface area contributed by atoms with Gasteiger partial charge in [-0.15, -0.1) is 0 Å². The van der Waals surface area contributed by atoms with E-state index in [2.05, 4.69) is 9.72 Å². The number of aryl methyl sites for hydroxylation is 1. The van der Waals surface area contributed by atoms with Crippen molar-refractivity contribution >= 4 is 11.9 Å². The Balaban J connectivity index is 2.28. The molecule has 0 radical (unpaired) electrons. The van der Waals surface area contributed by atoms with E-state index in [1.165, 1.54) is 7.11 Å². The van der Waals surface area contributed by atoms with Crippen LogP contribution in [0.5, 0.6) is 0 Å². The molecule has 122 valence electrons. The van der Waals surface area contributed by atoms with Gasteiger partial charge in [0.05, 0.1) is 7.11 Å². The molecular weight excluding hydrogens is 282 g/mol. The van der Waals surface area contributed by atoms with Crippen molar-refractivity contribution < 1.29 is 19.1 Å². The van der Waals surface area contributed by atoms with Crippen LogP contribution in [-0.2, 0) is 20.7 Å². The fraction of sp³-hybridized carbons (Fsp3) is 0.588. The van der Waals surface area contributed by atoms with Gasteiger partial charge in [-0.1, -0.05) is 12.5 Å². The van der Waals surface area contributed by atoms with E-state index in [-0.39, 0.29) is 5.97 Å². The summed E-state index contributed by atoms with van der Waals surface area (Å²) in [7, 11) is 1.34. The molecule has 0 aliphatic rings. The van der Waals surface area contributed by atoms with Crippen LogP contribution in [0, 0.1) is 0 Å². The number of carbonyl (C=O) groups excluding carboxylic acids is 2. The Morgan fingerprint density at radius 1 is 1.14 bits per heavy atom. The molecule has 0 amide bonds. The zero-order valence-corrected chi connectivity index (χ0v) is 13.8. The Kier molecular flexibility index (Phi) is 7.02. The first kappa shape index (κ1) is 18.1. The molecule has 5 heteroatoms. The standard InChI is InChI=1S/C17H25NO4/c1-17(2,3)22-15(19)12-7-5-6-9-13-10-8-11-14(18-13)16(20)21-4/h8,10-11H,5-7,9,12H2,1-4H3. The zero-order valence-electron chi connectivity index (χ0n) is 13.8. The summed E-state index contributed by atoms with van der Waals surface area (Å²) in [5, 5.41) is 0. The van der Waals surface area contributed by atoms with E-state index in [1.807, 2.05) is 26.8 Å². The topological polar surface area (TPSA) is 65.5 Å². The highest BCUT2D eigenvalue weighted by atomic mass is 16.6. The van der Waals surface area contributed by atoms with Crippen molar-refractivity contribution in [1.29, 1.82) is 0 Å². The van der Waals surface area contributed by atoms with Crippen LogP contribution in [0.1, 0.15) is 62.6 Å². The molecule has 0 N–H and O–H groups in total. The van der Waals surface area contributed by atoms with E-state index in [1.54, 1.807) is 12.1 Å². The molecule has 5 nitrogen and oxygen atoms in total. The van der Waals surface area contributed by atoms with Crippen LogP contribution in [0.25, 0.3) is 0 Å². The molecule has 0 bridgehead atoms. The molecule has 0 spiro atoms. The molecule has 1 aromatic heterocycles. The number of hydrogen-bond donors (Lipinski definition) is 0. The third-order valence-corrected chi connectivity index (χ3v) is 2.94. The van der Waals surface area contributed by atoms with Crippen LogP contribution in [0.2, 0.25) is 0 Å². The number of unbranched alkanes of at least 4 members (excludes halogenated alkanes) is 2. The van der Waals surface area contributed by atoms with Crippen molar-refractivity contribution in [3.05, 3.63) is 29.6 Å². The van der Waals surface area contributed by atoms with E-state index >= 15 is 0 Å². The van der Waals surface area contributed by atoms with Crippen molar-refractivity contribution in [2.45, 2.75) is 58.5 Å². The predicted molar refractivity (Wildman–Crippen MR) is 83.6 cm³/mol. The van der Waals surface area contributed by atoms with E-state index in [9.17, 15) is 9.59 Å². The van der Waals surface area contributed by atoms with Gasteiger partial charge in [-0.2, -0.15) is 0 Å². The summed E-state index contributed by atoms with van der Waals surface area (Å²) >= 11 is 0. The molecule has 0 aliphatic heterocycles. The number of pyridine rings is 1. The summed E-state index contributed by atoms with van der Waals surface area (Å²) in [5.41, 5.74) is 0.768. The first-order valence-corrected chi connectivity index (χ1v) is 7.58. The van der Waals surface area contributed by atoms with E-state index in [0.29, 0.717) is 12.1 Å². The molecule has 0 atom stereocenters. The minimum atomic E-state index is -0.424. The Hall–Kier alpha value is -1.91. The quantitative estimate of drug-likeness (QED) is 0.571. The lowest BCUT2D eigenvalue weighted by atomic mass is 10.1. The predicted octanol–water partition coefficient (Wildman–Crippen LogP) is 3.31. The zero-order chi connectivity index (χ0) is 16.6. The number of esters is 2. The molecular formula is C17H25NO4. The Morgan fingerprint density at radius 3 is 2.50 bits per heavy atom. The van der Waals surface area contributed by atoms with Gasteiger partial charge in [0.25, 0.3) is 0 Å². The summed E-state index contributed by atoms with van der Waals surface area (Å²) < 4.78 is 9.90. The van der Waals surface area contributed by atoms with Crippen LogP contribution in [0.15, 0.2) is 18.2 Å². The SMILES string of the molecule is COC(=O)c1cccc(CCCCCC(=O)OC(C)(C)C)n1. The second-order valence-electron chi connectivity index (χ2n) is 6.15. The number of nitrogens with zero attached hydrogens (tertiary/aromatic N) is 1. The van der Waals surface area contributed by atoms with Crippen molar-refractivity contribution in [2.24, 2.45) is 0 Å². The average Bonchev–Trinajstić information content (AvgIpc) is 2.44. The van der Waals surface area contributed by atoms with Gasteiger partial charge in [0, 0.05) is 12.1 Å². The van der Waals surface area contributed by atoms with Gasteiger partial charge < -0.3 is 9.47 Å². The molecule has 1 heterocycles. The van der Waals surface area contributed by atoms with Gasteiger partial charge in [-0.25, -0.2) is 9.78 Å². The van der Waals surface area contributed by atoms with Gasteiger partial charge in [0.2, 0.25) is 0 Å². The van der Waals surface area contributed by atoms with E-state index in [4.69, 9.17) is 4.74 Å². The monoisotopic (exact) mass is 307 g/mol. The normalized spacial score (nSPS) is 11.1. The smallest absolute Gasteiger partial charge is 0.356 e. The Morgan fingerprint density at radius 2 is 1.86 bits per heavy atom. The molecule has 0 fully saturated rings. The number of rotatable bonds is 7. The van der Waals surface area contributed by atoms with Gasteiger partial charge in [0.1, 0.15) is 11.3 Å². The lowest BCUT2D eigenvalue weighted by molar-refractivity contribution is -0.154. The average molecular weight is 307 g/mol. The van der Waals surface area contributed by atoms with Gasteiger partial charge in [0.15, 0.2) is 0 Å². The molecule has 0 aromatic carbocycles. The Labute approximate surface area is 132 Å². The highest BCUT2D eigenvalue weighted by molar-refractivity contribution is 5.87. The Bertz CT molecular complexity index is 506. The molecule has 22 heavy (non-hydrogen) atoms. The fourth-order valence-corrected chi connectivity index (χ4v) is 1.98. The van der Waals surface area contributed by atoms with Crippen LogP contribution in [0.3, 0.4) is 0 Å². The van der Waals surface area contributed by atoms with Gasteiger partial charge in [-0.3, -0.25) is 4.79 Å². The molecule has 0 unspecified atom stereocenters. The second-order valence-corrected chi connectivity index (χ2v) is 6.15. The number of hydrogen-bond acceptors (Lipinski definition) is 5. The number of methoxy groups -OCH3 is 1. The highest BCUT2D eigenvalue weighted by Gasteiger charge is 2.15. The number of carbonyl (C=O) groups is 2. The summed E-state index contributed by atoms with van der Waals surface area (Å²) in [6, 6.07) is 5.33. The molecule has 0 aliphatic carbocycles. The largest absolute Gasteiger partial charge is 0.464 e. The summed E-state index contributed by atoms with van der Waals surface area (Å²) in [6.45, 7) is 5.60. The maximum Gasteiger partial charge on any atom is 0.356 e. The van der Waals surface area contributed by atoms with Gasteiger partial charge >= 0.3 is 11.9 Å². The molecule has 1 rings (SSSR count). The van der Waals surface area contributed by atoms with Gasteiger partial charge in [-0.05, 0) is 52.2 Å². The van der Waals surface area contributed by atoms with Crippen molar-refractivity contribution in [3.8, 4) is 0 Å². The lowest BCUT2D eigenvalue weighted by Crippen LogP contribution is -2.23. The third kappa shape index (κ3) is 7.20. The minimum Gasteiger partial charge on any atom is -0.464 e. The fourth-order valence-electron chi connectivity index (χ4n) is 1.98. The molecule has 0 saturated carbocycles. The number of ether oxygens (including phenoxy) is 2. The summed E-state index contributed by atoms with van der Waals surface area (Å²) in [5.74, 6) is -0.579. The van der Waals surface area contributed by atoms with E-state index < -0.39 is 11.6 Å². The summed E-state index contributed by atoms with van der Waals surface area (Å²) in [6.07, 6.45) is 3.85.